The first-order valence-corrected chi connectivity index (χ1v) is 5.80. The molecule has 0 bridgehead atoms. The summed E-state index contributed by atoms with van der Waals surface area (Å²) < 4.78 is 14.9. The molecule has 108 valence electrons. The predicted octanol–water partition coefficient (Wildman–Crippen LogP) is 1.35. The van der Waals surface area contributed by atoms with Gasteiger partial charge in [-0.15, -0.1) is 0 Å². The van der Waals surface area contributed by atoms with Gasteiger partial charge in [-0.05, 0) is 23.8 Å². The van der Waals surface area contributed by atoms with Crippen LogP contribution in [-0.4, -0.2) is 33.2 Å². The van der Waals surface area contributed by atoms with E-state index in [1.807, 2.05) is 0 Å². The molecular weight excluding hydrogens is 262 g/mol. The van der Waals surface area contributed by atoms with Gasteiger partial charge in [-0.1, -0.05) is 0 Å². The molecule has 0 aliphatic heterocycles. The van der Waals surface area contributed by atoms with E-state index < -0.39 is 5.97 Å². The molecule has 0 unspecified atom stereocenters. The Kier molecular flexibility index (Phi) is 5.58. The molecular formula is C14H17NO5. The number of carbonyl (C=O) groups excluding carboxylic acids is 2. The van der Waals surface area contributed by atoms with Crippen molar-refractivity contribution in [3.63, 3.8) is 0 Å². The van der Waals surface area contributed by atoms with Gasteiger partial charge in [-0.25, -0.2) is 4.79 Å². The molecule has 0 saturated heterocycles. The van der Waals surface area contributed by atoms with E-state index in [1.54, 1.807) is 18.2 Å². The minimum absolute atomic E-state index is 0.0373. The lowest BCUT2D eigenvalue weighted by atomic mass is 10.1. The van der Waals surface area contributed by atoms with E-state index in [0.29, 0.717) is 17.1 Å². The normalized spacial score (nSPS) is 10.7. The van der Waals surface area contributed by atoms with Crippen LogP contribution in [0, 0.1) is 0 Å². The third kappa shape index (κ3) is 4.31. The van der Waals surface area contributed by atoms with Crippen LogP contribution in [0.1, 0.15) is 12.5 Å². The Morgan fingerprint density at radius 2 is 1.60 bits per heavy atom. The Morgan fingerprint density at radius 3 is 2.00 bits per heavy atom. The SMILES string of the molecule is COC(=O)/C(=C/c1cc(OC)cc(OC)c1)NC(C)=O. The molecule has 0 aliphatic carbocycles. The Bertz CT molecular complexity index is 514. The number of hydrogen-bond donors (Lipinski definition) is 1. The fourth-order valence-electron chi connectivity index (χ4n) is 1.53. The lowest BCUT2D eigenvalue weighted by molar-refractivity contribution is -0.137. The molecule has 0 atom stereocenters. The van der Waals surface area contributed by atoms with Gasteiger partial charge in [-0.2, -0.15) is 0 Å². The lowest BCUT2D eigenvalue weighted by Gasteiger charge is -2.08. The largest absolute Gasteiger partial charge is 0.497 e. The fourth-order valence-corrected chi connectivity index (χ4v) is 1.53. The molecule has 0 heterocycles. The number of benzene rings is 1. The van der Waals surface area contributed by atoms with Crippen LogP contribution in [0.2, 0.25) is 0 Å². The maximum Gasteiger partial charge on any atom is 0.354 e. The highest BCUT2D eigenvalue weighted by Gasteiger charge is 2.12. The second-order valence-electron chi connectivity index (χ2n) is 3.88. The van der Waals surface area contributed by atoms with Crippen LogP contribution in [0.15, 0.2) is 23.9 Å². The highest BCUT2D eigenvalue weighted by molar-refractivity contribution is 5.97. The van der Waals surface area contributed by atoms with Crippen LogP contribution in [0.4, 0.5) is 0 Å². The molecule has 1 N–H and O–H groups in total. The highest BCUT2D eigenvalue weighted by atomic mass is 16.5. The number of amides is 1. The first kappa shape index (κ1) is 15.6. The van der Waals surface area contributed by atoms with E-state index in [-0.39, 0.29) is 11.6 Å². The van der Waals surface area contributed by atoms with Crippen molar-refractivity contribution in [2.45, 2.75) is 6.92 Å². The molecule has 0 saturated carbocycles. The molecule has 1 aromatic carbocycles. The van der Waals surface area contributed by atoms with Crippen LogP contribution in [-0.2, 0) is 14.3 Å². The molecule has 6 nitrogen and oxygen atoms in total. The van der Waals surface area contributed by atoms with Crippen molar-refractivity contribution in [1.82, 2.24) is 5.32 Å². The van der Waals surface area contributed by atoms with E-state index in [4.69, 9.17) is 9.47 Å². The van der Waals surface area contributed by atoms with Gasteiger partial charge in [-0.3, -0.25) is 4.79 Å². The second kappa shape index (κ2) is 7.18. The molecule has 0 spiro atoms. The Morgan fingerprint density at radius 1 is 1.05 bits per heavy atom. The van der Waals surface area contributed by atoms with Crippen LogP contribution in [0.3, 0.4) is 0 Å². The monoisotopic (exact) mass is 279 g/mol. The summed E-state index contributed by atoms with van der Waals surface area (Å²) in [6.07, 6.45) is 1.48. The van der Waals surface area contributed by atoms with Crippen LogP contribution < -0.4 is 14.8 Å². The third-order valence-electron chi connectivity index (χ3n) is 2.40. The average molecular weight is 279 g/mol. The van der Waals surface area contributed by atoms with Gasteiger partial charge in [0.05, 0.1) is 21.3 Å². The first-order chi connectivity index (χ1) is 9.49. The summed E-state index contributed by atoms with van der Waals surface area (Å²) in [6.45, 7) is 1.31. The average Bonchev–Trinajstić information content (AvgIpc) is 2.44. The van der Waals surface area contributed by atoms with Crippen LogP contribution in [0.25, 0.3) is 6.08 Å². The maximum absolute atomic E-state index is 11.6. The smallest absolute Gasteiger partial charge is 0.354 e. The van der Waals surface area contributed by atoms with Crippen molar-refractivity contribution < 1.29 is 23.8 Å². The number of esters is 1. The number of rotatable bonds is 5. The standard InChI is InChI=1S/C14H17NO5/c1-9(16)15-13(14(17)20-4)7-10-5-11(18-2)8-12(6-10)19-3/h5-8H,1-4H3,(H,15,16)/b13-7-. The Hall–Kier alpha value is -2.50. The number of ether oxygens (including phenoxy) is 3. The van der Waals surface area contributed by atoms with Gasteiger partial charge in [0.1, 0.15) is 17.2 Å². The predicted molar refractivity (Wildman–Crippen MR) is 73.4 cm³/mol. The Balaban J connectivity index is 3.21. The summed E-state index contributed by atoms with van der Waals surface area (Å²) in [6, 6.07) is 5.11. The summed E-state index contributed by atoms with van der Waals surface area (Å²) in [5, 5.41) is 2.42. The summed E-state index contributed by atoms with van der Waals surface area (Å²) in [4.78, 5) is 22.7. The topological polar surface area (TPSA) is 73.9 Å². The van der Waals surface area contributed by atoms with Gasteiger partial charge in [0.25, 0.3) is 0 Å². The van der Waals surface area contributed by atoms with Gasteiger partial charge >= 0.3 is 5.97 Å². The van der Waals surface area contributed by atoms with Gasteiger partial charge in [0, 0.05) is 13.0 Å². The van der Waals surface area contributed by atoms with Gasteiger partial charge < -0.3 is 19.5 Å². The summed E-state index contributed by atoms with van der Waals surface area (Å²) >= 11 is 0. The maximum atomic E-state index is 11.6. The summed E-state index contributed by atoms with van der Waals surface area (Å²) in [7, 11) is 4.29. The van der Waals surface area contributed by atoms with Crippen LogP contribution >= 0.6 is 0 Å². The number of carbonyl (C=O) groups is 2. The first-order valence-electron chi connectivity index (χ1n) is 5.80. The zero-order valence-corrected chi connectivity index (χ0v) is 11.9. The fraction of sp³-hybridized carbons (Fsp3) is 0.286. The van der Waals surface area contributed by atoms with Gasteiger partial charge in [0.2, 0.25) is 5.91 Å². The number of methoxy groups -OCH3 is 3. The second-order valence-corrected chi connectivity index (χ2v) is 3.88. The highest BCUT2D eigenvalue weighted by Crippen LogP contribution is 2.23. The zero-order chi connectivity index (χ0) is 15.1. The van der Waals surface area contributed by atoms with Crippen molar-refractivity contribution in [2.24, 2.45) is 0 Å². The molecule has 1 rings (SSSR count). The molecule has 0 radical (unpaired) electrons. The molecule has 0 aliphatic rings. The van der Waals surface area contributed by atoms with E-state index >= 15 is 0 Å². The van der Waals surface area contributed by atoms with E-state index in [1.165, 1.54) is 34.3 Å². The van der Waals surface area contributed by atoms with E-state index in [9.17, 15) is 9.59 Å². The van der Waals surface area contributed by atoms with Crippen molar-refractivity contribution in [1.29, 1.82) is 0 Å². The molecule has 6 heteroatoms. The Labute approximate surface area is 117 Å². The van der Waals surface area contributed by atoms with Crippen molar-refractivity contribution in [3.05, 3.63) is 29.5 Å². The van der Waals surface area contributed by atoms with E-state index in [0.717, 1.165) is 0 Å². The minimum Gasteiger partial charge on any atom is -0.497 e. The lowest BCUT2D eigenvalue weighted by Crippen LogP contribution is -2.25. The summed E-state index contributed by atoms with van der Waals surface area (Å²) in [5.74, 6) is 0.142. The number of nitrogens with one attached hydrogen (secondary N) is 1. The van der Waals surface area contributed by atoms with Crippen LogP contribution in [0.5, 0.6) is 11.5 Å². The molecule has 1 aromatic rings. The zero-order valence-electron chi connectivity index (χ0n) is 11.9. The van der Waals surface area contributed by atoms with Crippen molar-refractivity contribution >= 4 is 18.0 Å². The third-order valence-corrected chi connectivity index (χ3v) is 2.40. The quantitative estimate of drug-likeness (QED) is 0.650. The molecule has 0 fully saturated rings. The molecule has 0 aromatic heterocycles. The number of hydrogen-bond acceptors (Lipinski definition) is 5. The van der Waals surface area contributed by atoms with Crippen molar-refractivity contribution in [3.8, 4) is 11.5 Å². The van der Waals surface area contributed by atoms with Crippen molar-refractivity contribution in [2.75, 3.05) is 21.3 Å². The summed E-state index contributed by atoms with van der Waals surface area (Å²) in [5.41, 5.74) is 0.672. The molecule has 20 heavy (non-hydrogen) atoms. The van der Waals surface area contributed by atoms with Gasteiger partial charge in [0.15, 0.2) is 0 Å². The van der Waals surface area contributed by atoms with E-state index in [2.05, 4.69) is 10.1 Å². The molecule has 1 amide bonds. The minimum atomic E-state index is -0.637.